The van der Waals surface area contributed by atoms with Crippen LogP contribution in [0.15, 0.2) is 170 Å². The number of nitrogens with zero attached hydrogens (tertiary/aromatic N) is 6. The normalized spacial score (nSPS) is 11.5. The number of fused-ring (bicyclic) bond motifs is 9. The largest absolute Gasteiger partial charge is 0.319 e. The molecule has 3 aromatic heterocycles. The van der Waals surface area contributed by atoms with E-state index in [1.54, 1.807) is 0 Å². The second-order valence-electron chi connectivity index (χ2n) is 14.3. The monoisotopic (exact) mass is 724 g/mol. The molecule has 0 fully saturated rings. The number of nitriles is 1. The molecule has 0 spiro atoms. The minimum atomic E-state index is 0.543. The lowest BCUT2D eigenvalue weighted by Gasteiger charge is -2.13. The van der Waals surface area contributed by atoms with Crippen molar-refractivity contribution in [1.82, 2.24) is 13.7 Å². The van der Waals surface area contributed by atoms with Gasteiger partial charge in [-0.05, 0) is 101 Å². The van der Waals surface area contributed by atoms with E-state index < -0.39 is 0 Å². The van der Waals surface area contributed by atoms with Crippen molar-refractivity contribution in [2.45, 2.75) is 0 Å². The van der Waals surface area contributed by atoms with Crippen LogP contribution in [0.4, 0.5) is 11.4 Å². The second-order valence-corrected chi connectivity index (χ2v) is 14.3. The standard InChI is InChI=1S/C51H28N6/c1-53-35-19-26-49-43(29-35)40-11-5-8-14-47(40)57(49)50-25-18-34(28-44(50)54-2)33-16-20-36(21-17-33)55-48-24-15-32(31-52)27-42(48)41-23-22-37(30-51(41)55)56-45-12-6-3-9-38(45)39-10-4-7-13-46(39)56/h3-30H. The summed E-state index contributed by atoms with van der Waals surface area (Å²) in [6.45, 7) is 15.8. The zero-order chi connectivity index (χ0) is 38.2. The molecule has 0 atom stereocenters. The van der Waals surface area contributed by atoms with Gasteiger partial charge in [0, 0.05) is 38.3 Å². The maximum absolute atomic E-state index is 9.83. The molecule has 3 heterocycles. The van der Waals surface area contributed by atoms with Crippen molar-refractivity contribution in [1.29, 1.82) is 5.26 Å². The molecule has 0 unspecified atom stereocenters. The third-order valence-electron chi connectivity index (χ3n) is 11.3. The number of benzene rings is 8. The SMILES string of the molecule is [C-]#[N+]c1ccc2c(c1)c1ccccc1n2-c1ccc(-c2ccc(-n3c4ccc(C#N)cc4c4ccc(-n5c6ccccc6c6ccccc65)cc43)cc2)cc1[N+]#[C-]. The van der Waals surface area contributed by atoms with E-state index >= 15 is 0 Å². The molecule has 0 saturated heterocycles. The fourth-order valence-corrected chi connectivity index (χ4v) is 8.77. The fraction of sp³-hybridized carbons (Fsp3) is 0. The average Bonchev–Trinajstić information content (AvgIpc) is 3.91. The predicted molar refractivity (Wildman–Crippen MR) is 232 cm³/mol. The molecule has 6 heteroatoms. The summed E-state index contributed by atoms with van der Waals surface area (Å²) in [5, 5.41) is 16.4. The predicted octanol–water partition coefficient (Wildman–Crippen LogP) is 13.6. The number of rotatable bonds is 4. The van der Waals surface area contributed by atoms with Gasteiger partial charge in [0.1, 0.15) is 0 Å². The molecule has 0 bridgehead atoms. The van der Waals surface area contributed by atoms with Crippen LogP contribution in [0.5, 0.6) is 0 Å². The van der Waals surface area contributed by atoms with E-state index in [1.165, 1.54) is 10.8 Å². The Kier molecular flexibility index (Phi) is 6.95. The van der Waals surface area contributed by atoms with Crippen molar-refractivity contribution < 1.29 is 0 Å². The minimum Gasteiger partial charge on any atom is -0.319 e. The summed E-state index contributed by atoms with van der Waals surface area (Å²) >= 11 is 0. The van der Waals surface area contributed by atoms with Crippen molar-refractivity contribution in [3.63, 3.8) is 0 Å². The fourth-order valence-electron chi connectivity index (χ4n) is 8.77. The van der Waals surface area contributed by atoms with Crippen LogP contribution in [0.3, 0.4) is 0 Å². The number of aromatic nitrogens is 3. The van der Waals surface area contributed by atoms with Gasteiger partial charge in [-0.1, -0.05) is 84.9 Å². The van der Waals surface area contributed by atoms with E-state index in [9.17, 15) is 5.26 Å². The molecule has 0 aliphatic heterocycles. The lowest BCUT2D eigenvalue weighted by atomic mass is 10.0. The zero-order valence-corrected chi connectivity index (χ0v) is 30.3. The number of hydrogen-bond acceptors (Lipinski definition) is 1. The van der Waals surface area contributed by atoms with Crippen LogP contribution in [-0.2, 0) is 0 Å². The first-order chi connectivity index (χ1) is 28.1. The van der Waals surface area contributed by atoms with Gasteiger partial charge in [0.05, 0.1) is 63.6 Å². The first kappa shape index (κ1) is 32.1. The van der Waals surface area contributed by atoms with E-state index in [0.29, 0.717) is 16.9 Å². The lowest BCUT2D eigenvalue weighted by Crippen LogP contribution is -1.97. The molecule has 11 rings (SSSR count). The average molecular weight is 725 g/mol. The smallest absolute Gasteiger partial charge is 0.211 e. The minimum absolute atomic E-state index is 0.543. The summed E-state index contributed by atoms with van der Waals surface area (Å²) in [4.78, 5) is 7.68. The molecule has 0 radical (unpaired) electrons. The molecular weight excluding hydrogens is 697 g/mol. The van der Waals surface area contributed by atoms with Crippen molar-refractivity contribution in [3.8, 4) is 34.3 Å². The van der Waals surface area contributed by atoms with E-state index in [4.69, 9.17) is 13.1 Å². The maximum Gasteiger partial charge on any atom is 0.211 e. The van der Waals surface area contributed by atoms with Gasteiger partial charge in [0.15, 0.2) is 5.69 Å². The van der Waals surface area contributed by atoms with Crippen LogP contribution < -0.4 is 0 Å². The molecule has 0 aliphatic rings. The van der Waals surface area contributed by atoms with Crippen molar-refractivity contribution in [2.24, 2.45) is 0 Å². The molecule has 6 nitrogen and oxygen atoms in total. The molecule has 8 aromatic carbocycles. The third-order valence-corrected chi connectivity index (χ3v) is 11.3. The molecule has 57 heavy (non-hydrogen) atoms. The summed E-state index contributed by atoms with van der Waals surface area (Å²) in [6, 6.07) is 60.4. The topological polar surface area (TPSA) is 47.3 Å². The highest BCUT2D eigenvalue weighted by atomic mass is 15.0. The quantitative estimate of drug-likeness (QED) is 0.167. The molecule has 0 N–H and O–H groups in total. The Labute approximate surface area is 327 Å². The van der Waals surface area contributed by atoms with Crippen LogP contribution in [0, 0.1) is 24.5 Å². The highest BCUT2D eigenvalue weighted by Crippen LogP contribution is 2.40. The van der Waals surface area contributed by atoms with Gasteiger partial charge in [-0.15, -0.1) is 0 Å². The van der Waals surface area contributed by atoms with Crippen LogP contribution in [-0.4, -0.2) is 13.7 Å². The highest BCUT2D eigenvalue weighted by Gasteiger charge is 2.19. The van der Waals surface area contributed by atoms with Gasteiger partial charge in [-0.25, -0.2) is 9.69 Å². The van der Waals surface area contributed by atoms with Crippen LogP contribution >= 0.6 is 0 Å². The summed E-state index contributed by atoms with van der Waals surface area (Å²) in [5.41, 5.74) is 12.9. The molecule has 0 aliphatic carbocycles. The molecule has 0 amide bonds. The van der Waals surface area contributed by atoms with Crippen LogP contribution in [0.2, 0.25) is 0 Å². The number of para-hydroxylation sites is 3. The summed E-state index contributed by atoms with van der Waals surface area (Å²) in [7, 11) is 0. The van der Waals surface area contributed by atoms with Gasteiger partial charge in [0.25, 0.3) is 0 Å². The highest BCUT2D eigenvalue weighted by molar-refractivity contribution is 6.13. The summed E-state index contributed by atoms with van der Waals surface area (Å²) in [6.07, 6.45) is 0. The summed E-state index contributed by atoms with van der Waals surface area (Å²) < 4.78 is 6.74. The molecule has 262 valence electrons. The Hall–Kier alpha value is -8.37. The Balaban J connectivity index is 1.05. The third kappa shape index (κ3) is 4.74. The van der Waals surface area contributed by atoms with E-state index in [2.05, 4.69) is 139 Å². The van der Waals surface area contributed by atoms with Crippen molar-refractivity contribution in [2.75, 3.05) is 0 Å². The first-order valence-corrected chi connectivity index (χ1v) is 18.6. The maximum atomic E-state index is 9.83. The molecular formula is C51H28N6. The Bertz CT molecular complexity index is 3560. The Morgan fingerprint density at radius 2 is 0.947 bits per heavy atom. The second kappa shape index (κ2) is 12.3. The van der Waals surface area contributed by atoms with Gasteiger partial charge < -0.3 is 13.7 Å². The Morgan fingerprint density at radius 1 is 0.404 bits per heavy atom. The van der Waals surface area contributed by atoms with E-state index in [1.807, 2.05) is 60.7 Å². The van der Waals surface area contributed by atoms with Gasteiger partial charge in [-0.3, -0.25) is 0 Å². The lowest BCUT2D eigenvalue weighted by molar-refractivity contribution is 1.15. The first-order valence-electron chi connectivity index (χ1n) is 18.6. The van der Waals surface area contributed by atoms with E-state index in [-0.39, 0.29) is 0 Å². The summed E-state index contributed by atoms with van der Waals surface area (Å²) in [5.74, 6) is 0. The van der Waals surface area contributed by atoms with E-state index in [0.717, 1.165) is 82.8 Å². The van der Waals surface area contributed by atoms with Crippen molar-refractivity contribution >= 4 is 76.8 Å². The van der Waals surface area contributed by atoms with Crippen molar-refractivity contribution in [3.05, 3.63) is 198 Å². The zero-order valence-electron chi connectivity index (χ0n) is 30.3. The van der Waals surface area contributed by atoms with Gasteiger partial charge >= 0.3 is 0 Å². The van der Waals surface area contributed by atoms with Crippen LogP contribution in [0.25, 0.3) is 103 Å². The molecule has 11 aromatic rings. The Morgan fingerprint density at radius 3 is 1.63 bits per heavy atom. The molecule has 0 saturated carbocycles. The van der Waals surface area contributed by atoms with Crippen LogP contribution in [0.1, 0.15) is 5.56 Å². The van der Waals surface area contributed by atoms with Gasteiger partial charge in [-0.2, -0.15) is 5.26 Å². The van der Waals surface area contributed by atoms with Gasteiger partial charge in [0.2, 0.25) is 5.69 Å². The number of hydrogen-bond donors (Lipinski definition) is 0.